The summed E-state index contributed by atoms with van der Waals surface area (Å²) >= 11 is 0. The lowest BCUT2D eigenvalue weighted by molar-refractivity contribution is -0.384. The average molecular weight is 450 g/mol. The van der Waals surface area contributed by atoms with Crippen molar-refractivity contribution in [3.05, 3.63) is 58.1 Å². The van der Waals surface area contributed by atoms with E-state index in [0.717, 1.165) is 17.3 Å². The first kappa shape index (κ1) is 24.3. The Morgan fingerprint density at radius 3 is 2.35 bits per heavy atom. The van der Waals surface area contributed by atoms with Gasteiger partial charge in [-0.2, -0.15) is 9.41 Å². The summed E-state index contributed by atoms with van der Waals surface area (Å²) in [5.41, 5.74) is 4.00. The van der Waals surface area contributed by atoms with E-state index < -0.39 is 14.9 Å². The van der Waals surface area contributed by atoms with Crippen LogP contribution in [0.25, 0.3) is 0 Å². The van der Waals surface area contributed by atoms with Gasteiger partial charge in [-0.05, 0) is 29.8 Å². The van der Waals surface area contributed by atoms with Crippen molar-refractivity contribution in [3.63, 3.8) is 0 Å². The molecule has 0 bridgehead atoms. The SMILES string of the molecule is CCN(CC)S(=O)(=O)c1ccc(N/N=C/c2ccc(N(C)CCO)cc2)c([N+](=O)[O-])c1. The molecule has 0 saturated heterocycles. The number of nitro groups is 1. The van der Waals surface area contributed by atoms with E-state index in [1.165, 1.54) is 22.7 Å². The van der Waals surface area contributed by atoms with Crippen molar-refractivity contribution < 1.29 is 18.4 Å². The molecule has 2 rings (SSSR count). The Labute approximate surface area is 182 Å². The van der Waals surface area contributed by atoms with Gasteiger partial charge in [0.05, 0.1) is 22.6 Å². The smallest absolute Gasteiger partial charge is 0.295 e. The molecule has 2 aromatic carbocycles. The Hall–Kier alpha value is -3.02. The summed E-state index contributed by atoms with van der Waals surface area (Å²) in [5, 5.41) is 24.5. The van der Waals surface area contributed by atoms with E-state index in [1.54, 1.807) is 13.8 Å². The molecular weight excluding hydrogens is 422 g/mol. The molecule has 0 aliphatic carbocycles. The number of nitrogens with zero attached hydrogens (tertiary/aromatic N) is 4. The Balaban J connectivity index is 2.21. The zero-order chi connectivity index (χ0) is 23.0. The molecular formula is C20H27N5O5S. The number of benzene rings is 2. The zero-order valence-corrected chi connectivity index (χ0v) is 18.5. The molecule has 0 aromatic heterocycles. The van der Waals surface area contributed by atoms with Crippen molar-refractivity contribution in [1.82, 2.24) is 4.31 Å². The van der Waals surface area contributed by atoms with Crippen molar-refractivity contribution in [2.45, 2.75) is 18.7 Å². The number of nitro benzene ring substituents is 1. The van der Waals surface area contributed by atoms with Crippen LogP contribution in [0, 0.1) is 10.1 Å². The van der Waals surface area contributed by atoms with E-state index in [-0.39, 0.29) is 36.0 Å². The van der Waals surface area contributed by atoms with Gasteiger partial charge in [-0.3, -0.25) is 15.5 Å². The summed E-state index contributed by atoms with van der Waals surface area (Å²) in [7, 11) is -1.94. The number of hydrogen-bond donors (Lipinski definition) is 2. The molecule has 0 aliphatic rings. The van der Waals surface area contributed by atoms with Crippen molar-refractivity contribution in [1.29, 1.82) is 0 Å². The van der Waals surface area contributed by atoms with Gasteiger partial charge in [0.1, 0.15) is 5.69 Å². The van der Waals surface area contributed by atoms with Gasteiger partial charge in [0.15, 0.2) is 0 Å². The van der Waals surface area contributed by atoms with Gasteiger partial charge in [0, 0.05) is 38.4 Å². The van der Waals surface area contributed by atoms with Crippen LogP contribution >= 0.6 is 0 Å². The summed E-state index contributed by atoms with van der Waals surface area (Å²) in [4.78, 5) is 12.6. The molecule has 168 valence electrons. The van der Waals surface area contributed by atoms with E-state index in [1.807, 2.05) is 36.2 Å². The maximum atomic E-state index is 12.6. The second-order valence-electron chi connectivity index (χ2n) is 6.63. The van der Waals surface area contributed by atoms with Crippen LogP contribution < -0.4 is 10.3 Å². The molecule has 0 fully saturated rings. The molecule has 0 unspecified atom stereocenters. The van der Waals surface area contributed by atoms with E-state index in [2.05, 4.69) is 10.5 Å². The minimum absolute atomic E-state index is 0.0530. The fraction of sp³-hybridized carbons (Fsp3) is 0.350. The minimum Gasteiger partial charge on any atom is -0.395 e. The molecule has 11 heteroatoms. The average Bonchev–Trinajstić information content (AvgIpc) is 2.75. The second-order valence-corrected chi connectivity index (χ2v) is 8.57. The van der Waals surface area contributed by atoms with E-state index >= 15 is 0 Å². The van der Waals surface area contributed by atoms with Gasteiger partial charge in [0.2, 0.25) is 10.0 Å². The number of nitrogens with one attached hydrogen (secondary N) is 1. The summed E-state index contributed by atoms with van der Waals surface area (Å²) in [6.07, 6.45) is 1.50. The van der Waals surface area contributed by atoms with Crippen LogP contribution in [0.5, 0.6) is 0 Å². The van der Waals surface area contributed by atoms with Crippen LogP contribution in [0.2, 0.25) is 0 Å². The van der Waals surface area contributed by atoms with Gasteiger partial charge < -0.3 is 10.0 Å². The molecule has 0 amide bonds. The summed E-state index contributed by atoms with van der Waals surface area (Å²) in [6, 6.07) is 11.1. The number of hydrogen-bond acceptors (Lipinski definition) is 8. The molecule has 0 radical (unpaired) electrons. The highest BCUT2D eigenvalue weighted by Crippen LogP contribution is 2.29. The normalized spacial score (nSPS) is 11.8. The molecule has 0 atom stereocenters. The number of aliphatic hydroxyl groups excluding tert-OH is 1. The van der Waals surface area contributed by atoms with Crippen LogP contribution in [-0.4, -0.2) is 62.3 Å². The number of sulfonamides is 1. The molecule has 0 aliphatic heterocycles. The highest BCUT2D eigenvalue weighted by atomic mass is 32.2. The number of anilines is 2. The molecule has 0 heterocycles. The van der Waals surface area contributed by atoms with Gasteiger partial charge in [-0.25, -0.2) is 8.42 Å². The number of rotatable bonds is 11. The quantitative estimate of drug-likeness (QED) is 0.306. The first-order chi connectivity index (χ1) is 14.7. The highest BCUT2D eigenvalue weighted by Gasteiger charge is 2.25. The third-order valence-electron chi connectivity index (χ3n) is 4.68. The lowest BCUT2D eigenvalue weighted by Crippen LogP contribution is -2.30. The van der Waals surface area contributed by atoms with Crippen LogP contribution in [0.4, 0.5) is 17.1 Å². The highest BCUT2D eigenvalue weighted by molar-refractivity contribution is 7.89. The number of likely N-dealkylation sites (N-methyl/N-ethyl adjacent to an activating group) is 1. The Kier molecular flexibility index (Phi) is 8.48. The number of aliphatic hydroxyl groups is 1. The Bertz CT molecular complexity index is 1020. The lowest BCUT2D eigenvalue weighted by atomic mass is 10.2. The van der Waals surface area contributed by atoms with Gasteiger partial charge in [-0.15, -0.1) is 0 Å². The first-order valence-corrected chi connectivity index (χ1v) is 11.2. The molecule has 2 aromatic rings. The second kappa shape index (κ2) is 10.8. The van der Waals surface area contributed by atoms with Gasteiger partial charge in [0.25, 0.3) is 5.69 Å². The van der Waals surface area contributed by atoms with E-state index in [4.69, 9.17) is 5.11 Å². The molecule has 0 saturated carbocycles. The monoisotopic (exact) mass is 449 g/mol. The van der Waals surface area contributed by atoms with Crippen LogP contribution in [0.15, 0.2) is 52.5 Å². The summed E-state index contributed by atoms with van der Waals surface area (Å²) in [5.74, 6) is 0. The van der Waals surface area contributed by atoms with Crippen LogP contribution in [0.1, 0.15) is 19.4 Å². The third-order valence-corrected chi connectivity index (χ3v) is 6.72. The number of hydrazone groups is 1. The molecule has 0 spiro atoms. The Morgan fingerprint density at radius 2 is 1.81 bits per heavy atom. The largest absolute Gasteiger partial charge is 0.395 e. The third kappa shape index (κ3) is 6.00. The van der Waals surface area contributed by atoms with E-state index in [9.17, 15) is 18.5 Å². The van der Waals surface area contributed by atoms with Crippen molar-refractivity contribution in [3.8, 4) is 0 Å². The van der Waals surface area contributed by atoms with Crippen molar-refractivity contribution in [2.75, 3.05) is 43.6 Å². The lowest BCUT2D eigenvalue weighted by Gasteiger charge is -2.18. The summed E-state index contributed by atoms with van der Waals surface area (Å²) < 4.78 is 26.5. The van der Waals surface area contributed by atoms with Crippen molar-refractivity contribution >= 4 is 33.3 Å². The van der Waals surface area contributed by atoms with Crippen LogP contribution in [0.3, 0.4) is 0 Å². The fourth-order valence-corrected chi connectivity index (χ4v) is 4.38. The predicted molar refractivity (Wildman–Crippen MR) is 121 cm³/mol. The molecule has 10 nitrogen and oxygen atoms in total. The van der Waals surface area contributed by atoms with Crippen LogP contribution in [-0.2, 0) is 10.0 Å². The van der Waals surface area contributed by atoms with Crippen molar-refractivity contribution in [2.24, 2.45) is 5.10 Å². The topological polar surface area (TPSA) is 128 Å². The molecule has 31 heavy (non-hydrogen) atoms. The Morgan fingerprint density at radius 1 is 1.16 bits per heavy atom. The fourth-order valence-electron chi connectivity index (χ4n) is 2.90. The maximum absolute atomic E-state index is 12.6. The molecule has 2 N–H and O–H groups in total. The van der Waals surface area contributed by atoms with E-state index in [0.29, 0.717) is 6.54 Å². The van der Waals surface area contributed by atoms with Gasteiger partial charge in [-0.1, -0.05) is 26.0 Å². The minimum atomic E-state index is -3.81. The van der Waals surface area contributed by atoms with Gasteiger partial charge >= 0.3 is 0 Å². The summed E-state index contributed by atoms with van der Waals surface area (Å²) in [6.45, 7) is 4.52. The predicted octanol–water partition coefficient (Wildman–Crippen LogP) is 2.50. The maximum Gasteiger partial charge on any atom is 0.295 e. The zero-order valence-electron chi connectivity index (χ0n) is 17.7. The first-order valence-electron chi connectivity index (χ1n) is 9.74. The standard InChI is InChI=1S/C20H27N5O5S/c1-4-24(5-2)31(29,30)18-10-11-19(20(14-18)25(27)28)22-21-15-16-6-8-17(9-7-16)23(3)12-13-26/h6-11,14-15,22,26H,4-5,12-13H2,1-3H3/b21-15+.